The Kier molecular flexibility index (Phi) is 5.27. The van der Waals surface area contributed by atoms with Crippen LogP contribution in [0, 0.1) is 5.92 Å². The lowest BCUT2D eigenvalue weighted by molar-refractivity contribution is 0.0921. The highest BCUT2D eigenvalue weighted by molar-refractivity contribution is 8.13. The van der Waals surface area contributed by atoms with Crippen molar-refractivity contribution >= 4 is 25.6 Å². The molecule has 1 fully saturated rings. The predicted molar refractivity (Wildman–Crippen MR) is 83.0 cm³/mol. The monoisotopic (exact) mass is 329 g/mol. The third kappa shape index (κ3) is 4.45. The van der Waals surface area contributed by atoms with Gasteiger partial charge in [0.25, 0.3) is 15.0 Å². The summed E-state index contributed by atoms with van der Waals surface area (Å²) in [7, 11) is 1.50. The molecule has 2 rings (SSSR count). The molecule has 1 aliphatic rings. The number of rotatable bonds is 4. The topological polar surface area (TPSA) is 63.2 Å². The van der Waals surface area contributed by atoms with E-state index < -0.39 is 9.05 Å². The third-order valence-corrected chi connectivity index (χ3v) is 5.53. The molecule has 0 aromatic heterocycles. The molecule has 21 heavy (non-hydrogen) atoms. The SMILES string of the molecule is CCC1CCC(NC(=O)c2ccc(S(=O)(=O)Cl)cc2)CC1. The van der Waals surface area contributed by atoms with Gasteiger partial charge in [0, 0.05) is 22.3 Å². The van der Waals surface area contributed by atoms with E-state index >= 15 is 0 Å². The van der Waals surface area contributed by atoms with Gasteiger partial charge in [-0.15, -0.1) is 0 Å². The van der Waals surface area contributed by atoms with Crippen molar-refractivity contribution in [2.45, 2.75) is 50.0 Å². The maximum Gasteiger partial charge on any atom is 0.261 e. The smallest absolute Gasteiger partial charge is 0.261 e. The maximum atomic E-state index is 12.1. The van der Waals surface area contributed by atoms with Crippen molar-refractivity contribution in [3.63, 3.8) is 0 Å². The van der Waals surface area contributed by atoms with Crippen molar-refractivity contribution in [1.29, 1.82) is 0 Å². The molecule has 0 atom stereocenters. The third-order valence-electron chi connectivity index (χ3n) is 4.16. The van der Waals surface area contributed by atoms with E-state index in [0.29, 0.717) is 5.56 Å². The Morgan fingerprint density at radius 3 is 2.24 bits per heavy atom. The Morgan fingerprint density at radius 1 is 1.19 bits per heavy atom. The molecule has 1 aliphatic carbocycles. The lowest BCUT2D eigenvalue weighted by Crippen LogP contribution is -2.37. The van der Waals surface area contributed by atoms with E-state index in [1.54, 1.807) is 0 Å². The quantitative estimate of drug-likeness (QED) is 0.862. The van der Waals surface area contributed by atoms with Gasteiger partial charge in [0.15, 0.2) is 0 Å². The Morgan fingerprint density at radius 2 is 1.76 bits per heavy atom. The van der Waals surface area contributed by atoms with Gasteiger partial charge in [0.2, 0.25) is 0 Å². The minimum Gasteiger partial charge on any atom is -0.349 e. The van der Waals surface area contributed by atoms with Gasteiger partial charge < -0.3 is 5.32 Å². The molecule has 1 N–H and O–H groups in total. The fourth-order valence-corrected chi connectivity index (χ4v) is 3.52. The minimum atomic E-state index is -3.74. The van der Waals surface area contributed by atoms with Crippen LogP contribution in [0.5, 0.6) is 0 Å². The van der Waals surface area contributed by atoms with Gasteiger partial charge in [-0.3, -0.25) is 4.79 Å². The Balaban J connectivity index is 1.95. The molecule has 0 aliphatic heterocycles. The van der Waals surface area contributed by atoms with Crippen LogP contribution >= 0.6 is 10.7 Å². The van der Waals surface area contributed by atoms with Crippen molar-refractivity contribution < 1.29 is 13.2 Å². The number of hydrogen-bond acceptors (Lipinski definition) is 3. The Labute approximate surface area is 130 Å². The largest absolute Gasteiger partial charge is 0.349 e. The number of hydrogen-bond donors (Lipinski definition) is 1. The van der Waals surface area contributed by atoms with E-state index in [4.69, 9.17) is 10.7 Å². The summed E-state index contributed by atoms with van der Waals surface area (Å²) in [6.07, 6.45) is 5.54. The van der Waals surface area contributed by atoms with Gasteiger partial charge in [-0.05, 0) is 55.9 Å². The second-order valence-electron chi connectivity index (χ2n) is 5.56. The lowest BCUT2D eigenvalue weighted by Gasteiger charge is -2.28. The molecule has 0 radical (unpaired) electrons. The van der Waals surface area contributed by atoms with Crippen molar-refractivity contribution in [2.24, 2.45) is 5.92 Å². The number of nitrogens with one attached hydrogen (secondary N) is 1. The molecule has 1 saturated carbocycles. The first kappa shape index (κ1) is 16.3. The molecule has 1 aromatic carbocycles. The zero-order valence-electron chi connectivity index (χ0n) is 12.0. The van der Waals surface area contributed by atoms with Crippen molar-refractivity contribution in [1.82, 2.24) is 5.32 Å². The molecule has 1 amide bonds. The Bertz CT molecular complexity index is 590. The van der Waals surface area contributed by atoms with E-state index in [1.165, 1.54) is 30.7 Å². The van der Waals surface area contributed by atoms with Crippen molar-refractivity contribution in [3.05, 3.63) is 29.8 Å². The van der Waals surface area contributed by atoms with E-state index in [0.717, 1.165) is 31.6 Å². The highest BCUT2D eigenvalue weighted by atomic mass is 35.7. The zero-order valence-corrected chi connectivity index (χ0v) is 13.6. The summed E-state index contributed by atoms with van der Waals surface area (Å²) < 4.78 is 22.3. The van der Waals surface area contributed by atoms with Gasteiger partial charge in [0.1, 0.15) is 0 Å². The number of benzene rings is 1. The molecule has 116 valence electrons. The lowest BCUT2D eigenvalue weighted by atomic mass is 9.84. The number of amides is 1. The van der Waals surface area contributed by atoms with E-state index in [1.807, 2.05) is 0 Å². The second-order valence-corrected chi connectivity index (χ2v) is 8.13. The first-order chi connectivity index (χ1) is 9.90. The van der Waals surface area contributed by atoms with Crippen LogP contribution in [0.25, 0.3) is 0 Å². The summed E-state index contributed by atoms with van der Waals surface area (Å²) in [4.78, 5) is 12.1. The number of halogens is 1. The molecule has 0 saturated heterocycles. The Hall–Kier alpha value is -1.07. The molecule has 6 heteroatoms. The van der Waals surface area contributed by atoms with Gasteiger partial charge in [0.05, 0.1) is 4.90 Å². The normalized spacial score (nSPS) is 22.8. The maximum absolute atomic E-state index is 12.1. The summed E-state index contributed by atoms with van der Waals surface area (Å²) >= 11 is 0. The van der Waals surface area contributed by atoms with Gasteiger partial charge in [-0.1, -0.05) is 13.3 Å². The summed E-state index contributed by atoms with van der Waals surface area (Å²) in [6.45, 7) is 2.20. The van der Waals surface area contributed by atoms with Gasteiger partial charge in [-0.2, -0.15) is 0 Å². The van der Waals surface area contributed by atoms with Crippen LogP contribution in [0.4, 0.5) is 0 Å². The first-order valence-electron chi connectivity index (χ1n) is 7.25. The average molecular weight is 330 g/mol. The summed E-state index contributed by atoms with van der Waals surface area (Å²) in [5.41, 5.74) is 0.455. The number of carbonyl (C=O) groups excluding carboxylic acids is 1. The average Bonchev–Trinajstić information content (AvgIpc) is 2.47. The van der Waals surface area contributed by atoms with E-state index in [-0.39, 0.29) is 16.8 Å². The molecular formula is C15H20ClNO3S. The summed E-state index contributed by atoms with van der Waals surface area (Å²) in [5, 5.41) is 3.02. The zero-order chi connectivity index (χ0) is 15.5. The van der Waals surface area contributed by atoms with Gasteiger partial charge >= 0.3 is 0 Å². The van der Waals surface area contributed by atoms with Crippen LogP contribution in [-0.4, -0.2) is 20.4 Å². The number of carbonyl (C=O) groups is 1. The van der Waals surface area contributed by atoms with Crippen molar-refractivity contribution in [3.8, 4) is 0 Å². The fourth-order valence-electron chi connectivity index (χ4n) is 2.75. The molecule has 4 nitrogen and oxygen atoms in total. The van der Waals surface area contributed by atoms with Crippen LogP contribution in [0.3, 0.4) is 0 Å². The first-order valence-corrected chi connectivity index (χ1v) is 9.56. The van der Waals surface area contributed by atoms with Crippen LogP contribution in [0.1, 0.15) is 49.4 Å². The second kappa shape index (κ2) is 6.79. The summed E-state index contributed by atoms with van der Waals surface area (Å²) in [6, 6.07) is 5.90. The molecule has 0 spiro atoms. The van der Waals surface area contributed by atoms with E-state index in [2.05, 4.69) is 12.2 Å². The molecule has 0 unspecified atom stereocenters. The van der Waals surface area contributed by atoms with Crippen LogP contribution in [0.15, 0.2) is 29.2 Å². The molecular weight excluding hydrogens is 310 g/mol. The van der Waals surface area contributed by atoms with Crippen molar-refractivity contribution in [2.75, 3.05) is 0 Å². The summed E-state index contributed by atoms with van der Waals surface area (Å²) in [5.74, 6) is 0.625. The van der Waals surface area contributed by atoms with Crippen LogP contribution in [-0.2, 0) is 9.05 Å². The van der Waals surface area contributed by atoms with Crippen LogP contribution in [0.2, 0.25) is 0 Å². The van der Waals surface area contributed by atoms with E-state index in [9.17, 15) is 13.2 Å². The predicted octanol–water partition coefficient (Wildman–Crippen LogP) is 3.31. The standard InChI is InChI=1S/C15H20ClNO3S/c1-2-11-3-7-13(8-4-11)17-15(18)12-5-9-14(10-6-12)21(16,19)20/h5-6,9-11,13H,2-4,7-8H2,1H3,(H,17,18). The molecule has 0 bridgehead atoms. The van der Waals surface area contributed by atoms with Crippen LogP contribution < -0.4 is 5.32 Å². The minimum absolute atomic E-state index is 0.00386. The molecule has 1 aromatic rings. The highest BCUT2D eigenvalue weighted by Gasteiger charge is 2.21. The molecule has 0 heterocycles. The fraction of sp³-hybridized carbons (Fsp3) is 0.533. The highest BCUT2D eigenvalue weighted by Crippen LogP contribution is 2.26. The van der Waals surface area contributed by atoms with Gasteiger partial charge in [-0.25, -0.2) is 8.42 Å².